The van der Waals surface area contributed by atoms with Gasteiger partial charge in [-0.2, -0.15) is 13.2 Å². The number of carbonyl (C=O) groups excluding carboxylic acids is 1. The van der Waals surface area contributed by atoms with Gasteiger partial charge in [-0.25, -0.2) is 9.78 Å². The summed E-state index contributed by atoms with van der Waals surface area (Å²) in [5, 5.41) is 11.7. The Hall–Kier alpha value is -4.86. The molecule has 7 nitrogen and oxygen atoms in total. The number of halogens is 3. The highest BCUT2D eigenvalue weighted by atomic mass is 19.4. The molecule has 212 valence electrons. The van der Waals surface area contributed by atoms with Crippen molar-refractivity contribution in [3.05, 3.63) is 114 Å². The predicted octanol–water partition coefficient (Wildman–Crippen LogP) is 6.03. The molecule has 4 aromatic rings. The number of carbonyl (C=O) groups is 2. The van der Waals surface area contributed by atoms with Gasteiger partial charge in [0.1, 0.15) is 17.6 Å². The fraction of sp³-hybridized carbons (Fsp3) is 0.194. The van der Waals surface area contributed by atoms with Crippen molar-refractivity contribution in [1.82, 2.24) is 10.3 Å². The highest BCUT2D eigenvalue weighted by molar-refractivity contribution is 5.98. The van der Waals surface area contributed by atoms with Gasteiger partial charge in [0.15, 0.2) is 0 Å². The number of allylic oxidation sites excluding steroid dienone is 1. The largest absolute Gasteiger partial charge is 0.493 e. The molecule has 3 aromatic carbocycles. The molecule has 0 spiro atoms. The summed E-state index contributed by atoms with van der Waals surface area (Å²) in [6.45, 7) is 2.16. The number of nitrogens with zero attached hydrogens (tertiary/aromatic N) is 1. The van der Waals surface area contributed by atoms with Gasteiger partial charge in [-0.1, -0.05) is 60.7 Å². The highest BCUT2D eigenvalue weighted by Crippen LogP contribution is 2.33. The predicted molar refractivity (Wildman–Crippen MR) is 146 cm³/mol. The van der Waals surface area contributed by atoms with Crippen molar-refractivity contribution in [3.8, 4) is 17.2 Å². The van der Waals surface area contributed by atoms with Crippen LogP contribution in [0.15, 0.2) is 95.4 Å². The van der Waals surface area contributed by atoms with Crippen molar-refractivity contribution in [2.45, 2.75) is 32.0 Å². The van der Waals surface area contributed by atoms with E-state index in [9.17, 15) is 27.9 Å². The molecule has 10 heteroatoms. The molecule has 0 aliphatic heterocycles. The van der Waals surface area contributed by atoms with Crippen molar-refractivity contribution in [1.29, 1.82) is 0 Å². The Morgan fingerprint density at radius 2 is 1.63 bits per heavy atom. The molecular formula is C31H27F3N2O5. The van der Waals surface area contributed by atoms with Crippen LogP contribution in [0, 0.1) is 6.92 Å². The molecule has 0 unspecified atom stereocenters. The first-order chi connectivity index (χ1) is 19.6. The quantitative estimate of drug-likeness (QED) is 0.216. The molecule has 0 aliphatic rings. The third-order valence-electron chi connectivity index (χ3n) is 6.16. The highest BCUT2D eigenvalue weighted by Gasteiger charge is 2.35. The lowest BCUT2D eigenvalue weighted by Crippen LogP contribution is -2.41. The van der Waals surface area contributed by atoms with Gasteiger partial charge >= 0.3 is 12.1 Å². The summed E-state index contributed by atoms with van der Waals surface area (Å²) < 4.78 is 52.2. The van der Waals surface area contributed by atoms with Gasteiger partial charge in [-0.3, -0.25) is 4.79 Å². The second-order valence-electron chi connectivity index (χ2n) is 9.16. The third kappa shape index (κ3) is 8.07. The molecule has 4 rings (SSSR count). The van der Waals surface area contributed by atoms with E-state index in [1.807, 2.05) is 37.3 Å². The molecule has 0 bridgehead atoms. The molecule has 0 saturated heterocycles. The summed E-state index contributed by atoms with van der Waals surface area (Å²) in [7, 11) is 0. The Morgan fingerprint density at radius 3 is 2.24 bits per heavy atom. The fourth-order valence-electron chi connectivity index (χ4n) is 4.08. The van der Waals surface area contributed by atoms with Crippen LogP contribution in [0.5, 0.6) is 5.75 Å². The van der Waals surface area contributed by atoms with E-state index in [1.165, 1.54) is 24.3 Å². The standard InChI is InChI=1S/C31H27F3N2O5/c1-20-26(36-29(41-20)23-10-6-3-7-11-23)16-17-40-24-14-12-21(13-15-24)18-27(30(38)39)35-28(37)19-25(31(32,33)34)22-8-4-2-5-9-22/h2-15,19,27H,16-18H2,1H3,(H,35,37)(H,38,39)/b25-19-/t27-/m0/s1. The number of amides is 1. The Bertz CT molecular complexity index is 1500. The molecule has 1 atom stereocenters. The molecule has 0 aliphatic carbocycles. The summed E-state index contributed by atoms with van der Waals surface area (Å²) >= 11 is 0. The van der Waals surface area contributed by atoms with Crippen molar-refractivity contribution >= 4 is 17.4 Å². The zero-order valence-electron chi connectivity index (χ0n) is 22.0. The minimum atomic E-state index is -4.80. The number of aromatic nitrogens is 1. The number of oxazole rings is 1. The van der Waals surface area contributed by atoms with Crippen LogP contribution in [-0.4, -0.2) is 40.8 Å². The maximum absolute atomic E-state index is 13.5. The zero-order chi connectivity index (χ0) is 29.4. The van der Waals surface area contributed by atoms with Crippen LogP contribution in [0.2, 0.25) is 0 Å². The van der Waals surface area contributed by atoms with Gasteiger partial charge in [0, 0.05) is 24.5 Å². The molecule has 1 aromatic heterocycles. The van der Waals surface area contributed by atoms with Crippen molar-refractivity contribution in [2.24, 2.45) is 0 Å². The first kappa shape index (κ1) is 29.1. The smallest absolute Gasteiger partial charge is 0.417 e. The number of hydrogen-bond donors (Lipinski definition) is 2. The van der Waals surface area contributed by atoms with Gasteiger partial charge < -0.3 is 19.6 Å². The lowest BCUT2D eigenvalue weighted by Gasteiger charge is -2.16. The fourth-order valence-corrected chi connectivity index (χ4v) is 4.08. The number of hydrogen-bond acceptors (Lipinski definition) is 5. The first-order valence-corrected chi connectivity index (χ1v) is 12.7. The lowest BCUT2D eigenvalue weighted by molar-refractivity contribution is -0.141. The number of aliphatic carboxylic acids is 1. The van der Waals surface area contributed by atoms with E-state index < -0.39 is 29.7 Å². The van der Waals surface area contributed by atoms with Crippen LogP contribution in [0.4, 0.5) is 13.2 Å². The number of ether oxygens (including phenoxy) is 1. The van der Waals surface area contributed by atoms with Crippen LogP contribution in [0.25, 0.3) is 17.0 Å². The van der Waals surface area contributed by atoms with Crippen LogP contribution in [-0.2, 0) is 22.4 Å². The van der Waals surface area contributed by atoms with Gasteiger partial charge in [-0.05, 0) is 42.3 Å². The number of rotatable bonds is 11. The van der Waals surface area contributed by atoms with Gasteiger partial charge in [-0.15, -0.1) is 0 Å². The number of alkyl halides is 3. The normalized spacial score (nSPS) is 12.5. The average molecular weight is 565 g/mol. The van der Waals surface area contributed by atoms with Crippen LogP contribution < -0.4 is 10.1 Å². The van der Waals surface area contributed by atoms with E-state index in [-0.39, 0.29) is 12.0 Å². The van der Waals surface area contributed by atoms with Crippen LogP contribution in [0.3, 0.4) is 0 Å². The zero-order valence-corrected chi connectivity index (χ0v) is 22.0. The maximum Gasteiger partial charge on any atom is 0.417 e. The number of benzene rings is 3. The van der Waals surface area contributed by atoms with Crippen LogP contribution in [0.1, 0.15) is 22.6 Å². The van der Waals surface area contributed by atoms with E-state index >= 15 is 0 Å². The van der Waals surface area contributed by atoms with Gasteiger partial charge in [0.05, 0.1) is 17.9 Å². The summed E-state index contributed by atoms with van der Waals surface area (Å²) in [5.41, 5.74) is 0.831. The molecule has 0 radical (unpaired) electrons. The number of nitrogens with one attached hydrogen (secondary N) is 1. The van der Waals surface area contributed by atoms with Crippen molar-refractivity contribution in [2.75, 3.05) is 6.61 Å². The Kier molecular flexibility index (Phi) is 9.23. The van der Waals surface area contributed by atoms with Crippen LogP contribution >= 0.6 is 0 Å². The van der Waals surface area contributed by atoms with E-state index in [0.717, 1.165) is 11.3 Å². The van der Waals surface area contributed by atoms with E-state index in [0.29, 0.717) is 42.1 Å². The SMILES string of the molecule is Cc1oc(-c2ccccc2)nc1CCOc1ccc(C[C@H](NC(=O)/C=C(/c2ccccc2)C(F)(F)F)C(=O)O)cc1. The molecule has 1 amide bonds. The Labute approximate surface area is 234 Å². The molecule has 0 saturated carbocycles. The average Bonchev–Trinajstić information content (AvgIpc) is 3.32. The lowest BCUT2D eigenvalue weighted by atomic mass is 10.0. The monoisotopic (exact) mass is 564 g/mol. The summed E-state index contributed by atoms with van der Waals surface area (Å²) in [6.07, 6.45) is -4.05. The van der Waals surface area contributed by atoms with E-state index in [1.54, 1.807) is 30.3 Å². The molecule has 2 N–H and O–H groups in total. The molecule has 41 heavy (non-hydrogen) atoms. The summed E-state index contributed by atoms with van der Waals surface area (Å²) in [6, 6.07) is 21.5. The number of aryl methyl sites for hydroxylation is 1. The van der Waals surface area contributed by atoms with Gasteiger partial charge in [0.2, 0.25) is 11.8 Å². The second-order valence-corrected chi connectivity index (χ2v) is 9.16. The molecular weight excluding hydrogens is 537 g/mol. The van der Waals surface area contributed by atoms with E-state index in [2.05, 4.69) is 10.3 Å². The second kappa shape index (κ2) is 13.0. The third-order valence-corrected chi connectivity index (χ3v) is 6.16. The summed E-state index contributed by atoms with van der Waals surface area (Å²) in [5.74, 6) is -0.766. The van der Waals surface area contributed by atoms with Crippen molar-refractivity contribution < 1.29 is 37.0 Å². The minimum absolute atomic E-state index is 0.137. The minimum Gasteiger partial charge on any atom is -0.493 e. The maximum atomic E-state index is 13.5. The summed E-state index contributed by atoms with van der Waals surface area (Å²) in [4.78, 5) is 28.7. The Balaban J connectivity index is 1.34. The van der Waals surface area contributed by atoms with Gasteiger partial charge in [0.25, 0.3) is 0 Å². The topological polar surface area (TPSA) is 102 Å². The van der Waals surface area contributed by atoms with Crippen molar-refractivity contribution in [3.63, 3.8) is 0 Å². The molecule has 1 heterocycles. The first-order valence-electron chi connectivity index (χ1n) is 12.7. The number of carboxylic acids is 1. The Morgan fingerprint density at radius 1 is 1.00 bits per heavy atom. The van der Waals surface area contributed by atoms with E-state index in [4.69, 9.17) is 9.15 Å². The number of carboxylic acid groups (broad SMARTS) is 1. The molecule has 0 fully saturated rings.